The molecule has 0 aliphatic carbocycles. The predicted molar refractivity (Wildman–Crippen MR) is 59.0 cm³/mol. The van der Waals surface area contributed by atoms with E-state index in [-0.39, 0.29) is 36.7 Å². The fourth-order valence-corrected chi connectivity index (χ4v) is 1.39. The smallest absolute Gasteiger partial charge is 0.0724 e. The SMILES string of the molecule is CCN1CCOC(CCO)C1.I. The minimum absolute atomic E-state index is 0. The molecule has 1 saturated heterocycles. The van der Waals surface area contributed by atoms with Gasteiger partial charge < -0.3 is 9.84 Å². The number of nitrogens with zero attached hydrogens (tertiary/aromatic N) is 1. The van der Waals surface area contributed by atoms with Crippen molar-refractivity contribution >= 4 is 24.0 Å². The van der Waals surface area contributed by atoms with Crippen molar-refractivity contribution < 1.29 is 9.84 Å². The van der Waals surface area contributed by atoms with Gasteiger partial charge in [-0.15, -0.1) is 24.0 Å². The molecule has 0 aromatic heterocycles. The molecular formula is C8H18INO2. The van der Waals surface area contributed by atoms with E-state index in [2.05, 4.69) is 11.8 Å². The molecule has 12 heavy (non-hydrogen) atoms. The van der Waals surface area contributed by atoms with Gasteiger partial charge in [-0.05, 0) is 13.0 Å². The molecule has 0 spiro atoms. The highest BCUT2D eigenvalue weighted by atomic mass is 127. The van der Waals surface area contributed by atoms with E-state index in [0.29, 0.717) is 0 Å². The number of likely N-dealkylation sites (N-methyl/N-ethyl adjacent to an activating group) is 1. The molecule has 1 aliphatic heterocycles. The summed E-state index contributed by atoms with van der Waals surface area (Å²) in [6.07, 6.45) is 1.03. The Morgan fingerprint density at radius 1 is 1.58 bits per heavy atom. The van der Waals surface area contributed by atoms with Gasteiger partial charge >= 0.3 is 0 Å². The van der Waals surface area contributed by atoms with E-state index >= 15 is 0 Å². The van der Waals surface area contributed by atoms with E-state index in [0.717, 1.165) is 32.7 Å². The molecular weight excluding hydrogens is 269 g/mol. The minimum atomic E-state index is 0. The number of aliphatic hydroxyl groups excluding tert-OH is 1. The highest BCUT2D eigenvalue weighted by molar-refractivity contribution is 14.0. The van der Waals surface area contributed by atoms with Crippen molar-refractivity contribution in [3.63, 3.8) is 0 Å². The van der Waals surface area contributed by atoms with Crippen LogP contribution in [0.1, 0.15) is 13.3 Å². The van der Waals surface area contributed by atoms with Gasteiger partial charge in [0.2, 0.25) is 0 Å². The van der Waals surface area contributed by atoms with Crippen LogP contribution in [0.3, 0.4) is 0 Å². The molecule has 0 amide bonds. The Labute approximate surface area is 91.1 Å². The van der Waals surface area contributed by atoms with Crippen molar-refractivity contribution in [2.24, 2.45) is 0 Å². The summed E-state index contributed by atoms with van der Waals surface area (Å²) in [5.74, 6) is 0. The Kier molecular flexibility index (Phi) is 7.41. The number of aliphatic hydroxyl groups is 1. The van der Waals surface area contributed by atoms with Crippen LogP contribution >= 0.6 is 24.0 Å². The molecule has 1 fully saturated rings. The second kappa shape index (κ2) is 7.06. The highest BCUT2D eigenvalue weighted by Gasteiger charge is 2.17. The fourth-order valence-electron chi connectivity index (χ4n) is 1.39. The summed E-state index contributed by atoms with van der Waals surface area (Å²) in [7, 11) is 0. The van der Waals surface area contributed by atoms with Crippen LogP contribution in [0.25, 0.3) is 0 Å². The van der Waals surface area contributed by atoms with Crippen LogP contribution in [0, 0.1) is 0 Å². The summed E-state index contributed by atoms with van der Waals surface area (Å²) in [6.45, 7) is 6.32. The highest BCUT2D eigenvalue weighted by Crippen LogP contribution is 2.07. The fraction of sp³-hybridized carbons (Fsp3) is 1.00. The summed E-state index contributed by atoms with van der Waals surface area (Å²) in [4.78, 5) is 2.35. The topological polar surface area (TPSA) is 32.7 Å². The van der Waals surface area contributed by atoms with Crippen LogP contribution in [0.2, 0.25) is 0 Å². The molecule has 1 unspecified atom stereocenters. The van der Waals surface area contributed by atoms with Gasteiger partial charge in [0.1, 0.15) is 0 Å². The second-order valence-corrected chi connectivity index (χ2v) is 2.90. The first-order valence-corrected chi connectivity index (χ1v) is 4.31. The third-order valence-electron chi connectivity index (χ3n) is 2.12. The van der Waals surface area contributed by atoms with Gasteiger partial charge in [-0.1, -0.05) is 6.92 Å². The number of morpholine rings is 1. The molecule has 0 radical (unpaired) electrons. The van der Waals surface area contributed by atoms with Crippen molar-refractivity contribution in [3.8, 4) is 0 Å². The van der Waals surface area contributed by atoms with E-state index in [1.54, 1.807) is 0 Å². The summed E-state index contributed by atoms with van der Waals surface area (Å²) >= 11 is 0. The first-order chi connectivity index (χ1) is 5.36. The number of rotatable bonds is 3. The van der Waals surface area contributed by atoms with Crippen LogP contribution in [0.15, 0.2) is 0 Å². The maximum absolute atomic E-state index is 8.68. The van der Waals surface area contributed by atoms with Crippen molar-refractivity contribution in [1.29, 1.82) is 0 Å². The molecule has 74 valence electrons. The number of ether oxygens (including phenoxy) is 1. The minimum Gasteiger partial charge on any atom is -0.396 e. The summed E-state index contributed by atoms with van der Waals surface area (Å²) in [5, 5.41) is 8.68. The molecule has 1 atom stereocenters. The normalized spacial score (nSPS) is 25.0. The molecule has 0 bridgehead atoms. The number of halogens is 1. The maximum atomic E-state index is 8.68. The molecule has 0 saturated carbocycles. The predicted octanol–water partition coefficient (Wildman–Crippen LogP) is 0.708. The summed E-state index contributed by atoms with van der Waals surface area (Å²) < 4.78 is 5.45. The van der Waals surface area contributed by atoms with E-state index in [9.17, 15) is 0 Å². The lowest BCUT2D eigenvalue weighted by Gasteiger charge is -2.31. The van der Waals surface area contributed by atoms with E-state index in [1.165, 1.54) is 0 Å². The molecule has 1 N–H and O–H groups in total. The first-order valence-electron chi connectivity index (χ1n) is 4.31. The van der Waals surface area contributed by atoms with Gasteiger partial charge in [0, 0.05) is 19.7 Å². The van der Waals surface area contributed by atoms with Crippen molar-refractivity contribution in [2.75, 3.05) is 32.8 Å². The lowest BCUT2D eigenvalue weighted by atomic mass is 10.2. The van der Waals surface area contributed by atoms with Crippen LogP contribution in [-0.4, -0.2) is 49.0 Å². The van der Waals surface area contributed by atoms with Gasteiger partial charge in [0.25, 0.3) is 0 Å². The van der Waals surface area contributed by atoms with Crippen LogP contribution in [0.4, 0.5) is 0 Å². The lowest BCUT2D eigenvalue weighted by Crippen LogP contribution is -2.42. The third-order valence-corrected chi connectivity index (χ3v) is 2.12. The van der Waals surface area contributed by atoms with Crippen LogP contribution in [0.5, 0.6) is 0 Å². The van der Waals surface area contributed by atoms with Gasteiger partial charge in [0.15, 0.2) is 0 Å². The average molecular weight is 287 g/mol. The monoisotopic (exact) mass is 287 g/mol. The van der Waals surface area contributed by atoms with E-state index < -0.39 is 0 Å². The van der Waals surface area contributed by atoms with E-state index in [4.69, 9.17) is 9.84 Å². The zero-order chi connectivity index (χ0) is 8.10. The average Bonchev–Trinajstić information content (AvgIpc) is 2.06. The molecule has 1 aliphatic rings. The number of hydrogen-bond acceptors (Lipinski definition) is 3. The summed E-state index contributed by atoms with van der Waals surface area (Å²) in [5.41, 5.74) is 0. The lowest BCUT2D eigenvalue weighted by molar-refractivity contribution is -0.0363. The molecule has 0 aromatic carbocycles. The summed E-state index contributed by atoms with van der Waals surface area (Å²) in [6, 6.07) is 0. The molecule has 1 heterocycles. The number of hydrogen-bond donors (Lipinski definition) is 1. The molecule has 0 aromatic rings. The quantitative estimate of drug-likeness (QED) is 0.776. The zero-order valence-electron chi connectivity index (χ0n) is 7.53. The second-order valence-electron chi connectivity index (χ2n) is 2.90. The van der Waals surface area contributed by atoms with Gasteiger partial charge in [-0.3, -0.25) is 4.90 Å². The van der Waals surface area contributed by atoms with Gasteiger partial charge in [-0.2, -0.15) is 0 Å². The molecule has 4 heteroatoms. The molecule has 3 nitrogen and oxygen atoms in total. The Bertz CT molecular complexity index is 111. The first kappa shape index (κ1) is 12.6. The van der Waals surface area contributed by atoms with Crippen molar-refractivity contribution in [1.82, 2.24) is 4.90 Å². The van der Waals surface area contributed by atoms with Crippen molar-refractivity contribution in [2.45, 2.75) is 19.4 Å². The van der Waals surface area contributed by atoms with E-state index in [1.807, 2.05) is 0 Å². The Morgan fingerprint density at radius 2 is 2.33 bits per heavy atom. The van der Waals surface area contributed by atoms with Crippen molar-refractivity contribution in [3.05, 3.63) is 0 Å². The van der Waals surface area contributed by atoms with Crippen LogP contribution in [-0.2, 0) is 4.74 Å². The largest absolute Gasteiger partial charge is 0.396 e. The zero-order valence-corrected chi connectivity index (χ0v) is 9.86. The maximum Gasteiger partial charge on any atom is 0.0724 e. The Hall–Kier alpha value is 0.610. The molecule has 1 rings (SSSR count). The van der Waals surface area contributed by atoms with Gasteiger partial charge in [0.05, 0.1) is 12.7 Å². The third kappa shape index (κ3) is 4.02. The Morgan fingerprint density at radius 3 is 2.92 bits per heavy atom. The standard InChI is InChI=1S/C8H17NO2.HI/c1-2-9-4-6-11-8(7-9)3-5-10;/h8,10H,2-7H2,1H3;1H. The van der Waals surface area contributed by atoms with Crippen LogP contribution < -0.4 is 0 Å². The van der Waals surface area contributed by atoms with Gasteiger partial charge in [-0.25, -0.2) is 0 Å². The Balaban J connectivity index is 0.00000121.